The Morgan fingerprint density at radius 2 is 1.53 bits per heavy atom. The smallest absolute Gasteiger partial charge is 0.123 e. The lowest BCUT2D eigenvalue weighted by Gasteiger charge is -2.04. The Hall–Kier alpha value is -1.80. The average Bonchev–Trinajstić information content (AvgIpc) is 2.46. The predicted molar refractivity (Wildman–Crippen MR) is 79.9 cm³/mol. The standard InChI is InChI=1S/C17H13FS/c18-16-8-5-13(6-9-16)12-19-17-10-7-14-3-1-2-4-15(14)11-17/h1-11H,12H2. The molecule has 94 valence electrons. The minimum absolute atomic E-state index is 0.181. The number of hydrogen-bond donors (Lipinski definition) is 0. The summed E-state index contributed by atoms with van der Waals surface area (Å²) in [5.74, 6) is 0.679. The maximum atomic E-state index is 12.8. The van der Waals surface area contributed by atoms with Gasteiger partial charge in [0.2, 0.25) is 0 Å². The number of rotatable bonds is 3. The molecule has 2 heteroatoms. The highest BCUT2D eigenvalue weighted by molar-refractivity contribution is 7.98. The second-order valence-electron chi connectivity index (χ2n) is 4.42. The van der Waals surface area contributed by atoms with Crippen LogP contribution in [0.1, 0.15) is 5.56 Å². The van der Waals surface area contributed by atoms with Crippen LogP contribution in [0.2, 0.25) is 0 Å². The monoisotopic (exact) mass is 268 g/mol. The van der Waals surface area contributed by atoms with E-state index in [1.165, 1.54) is 27.8 Å². The van der Waals surface area contributed by atoms with Gasteiger partial charge in [0.25, 0.3) is 0 Å². The Morgan fingerprint density at radius 3 is 2.32 bits per heavy atom. The van der Waals surface area contributed by atoms with Gasteiger partial charge < -0.3 is 0 Å². The van der Waals surface area contributed by atoms with Gasteiger partial charge in [0.05, 0.1) is 0 Å². The van der Waals surface area contributed by atoms with Crippen LogP contribution >= 0.6 is 11.8 Å². The average molecular weight is 268 g/mol. The highest BCUT2D eigenvalue weighted by Crippen LogP contribution is 2.26. The van der Waals surface area contributed by atoms with Crippen molar-refractivity contribution < 1.29 is 4.39 Å². The fourth-order valence-electron chi connectivity index (χ4n) is 2.00. The van der Waals surface area contributed by atoms with E-state index in [1.54, 1.807) is 11.8 Å². The lowest BCUT2D eigenvalue weighted by atomic mass is 10.1. The van der Waals surface area contributed by atoms with E-state index in [-0.39, 0.29) is 5.82 Å². The lowest BCUT2D eigenvalue weighted by Crippen LogP contribution is -1.82. The van der Waals surface area contributed by atoms with Gasteiger partial charge in [0.1, 0.15) is 5.82 Å². The topological polar surface area (TPSA) is 0 Å². The molecule has 0 atom stereocenters. The van der Waals surface area contributed by atoms with E-state index in [2.05, 4.69) is 36.4 Å². The van der Waals surface area contributed by atoms with Gasteiger partial charge in [-0.25, -0.2) is 4.39 Å². The number of fused-ring (bicyclic) bond motifs is 1. The van der Waals surface area contributed by atoms with Crippen LogP contribution in [-0.2, 0) is 5.75 Å². The van der Waals surface area contributed by atoms with Crippen molar-refractivity contribution in [2.24, 2.45) is 0 Å². The molecule has 3 aromatic carbocycles. The molecular formula is C17H13FS. The summed E-state index contributed by atoms with van der Waals surface area (Å²) in [5, 5.41) is 2.51. The molecule has 3 rings (SSSR count). The third kappa shape index (κ3) is 2.96. The van der Waals surface area contributed by atoms with E-state index in [1.807, 2.05) is 18.2 Å². The molecule has 0 fully saturated rings. The molecule has 0 spiro atoms. The fourth-order valence-corrected chi connectivity index (χ4v) is 2.90. The van der Waals surface area contributed by atoms with Crippen LogP contribution < -0.4 is 0 Å². The van der Waals surface area contributed by atoms with Crippen LogP contribution in [0.3, 0.4) is 0 Å². The first-order chi connectivity index (χ1) is 9.31. The van der Waals surface area contributed by atoms with Crippen molar-refractivity contribution in [3.63, 3.8) is 0 Å². The third-order valence-corrected chi connectivity index (χ3v) is 4.10. The van der Waals surface area contributed by atoms with Crippen LogP contribution in [0.25, 0.3) is 10.8 Å². The van der Waals surface area contributed by atoms with Gasteiger partial charge in [-0.05, 0) is 40.6 Å². The third-order valence-electron chi connectivity index (χ3n) is 3.04. The summed E-state index contributed by atoms with van der Waals surface area (Å²) in [6.07, 6.45) is 0. The maximum absolute atomic E-state index is 12.8. The number of benzene rings is 3. The first-order valence-corrected chi connectivity index (χ1v) is 7.16. The van der Waals surface area contributed by atoms with Crippen molar-refractivity contribution in [2.45, 2.75) is 10.6 Å². The minimum Gasteiger partial charge on any atom is -0.207 e. The van der Waals surface area contributed by atoms with E-state index in [0.29, 0.717) is 0 Å². The van der Waals surface area contributed by atoms with E-state index < -0.39 is 0 Å². The number of halogens is 1. The molecule has 0 N–H and O–H groups in total. The summed E-state index contributed by atoms with van der Waals surface area (Å²) < 4.78 is 12.8. The van der Waals surface area contributed by atoms with Gasteiger partial charge in [0, 0.05) is 10.6 Å². The van der Waals surface area contributed by atoms with Crippen LogP contribution in [0, 0.1) is 5.82 Å². The summed E-state index contributed by atoms with van der Waals surface area (Å²) in [7, 11) is 0. The second-order valence-corrected chi connectivity index (χ2v) is 5.47. The Balaban J connectivity index is 1.76. The van der Waals surface area contributed by atoms with E-state index >= 15 is 0 Å². The molecule has 0 unspecified atom stereocenters. The van der Waals surface area contributed by atoms with Crippen molar-refractivity contribution in [3.8, 4) is 0 Å². The van der Waals surface area contributed by atoms with Crippen molar-refractivity contribution >= 4 is 22.5 Å². The molecule has 0 aliphatic rings. The Bertz CT molecular complexity index is 689. The van der Waals surface area contributed by atoms with Crippen LogP contribution in [0.4, 0.5) is 4.39 Å². The first-order valence-electron chi connectivity index (χ1n) is 6.17. The summed E-state index contributed by atoms with van der Waals surface area (Å²) in [4.78, 5) is 1.24. The molecule has 19 heavy (non-hydrogen) atoms. The summed E-state index contributed by atoms with van der Waals surface area (Å²) >= 11 is 1.77. The van der Waals surface area contributed by atoms with Crippen LogP contribution in [-0.4, -0.2) is 0 Å². The number of thioether (sulfide) groups is 1. The lowest BCUT2D eigenvalue weighted by molar-refractivity contribution is 0.627. The Morgan fingerprint density at radius 1 is 0.789 bits per heavy atom. The van der Waals surface area contributed by atoms with E-state index in [4.69, 9.17) is 0 Å². The van der Waals surface area contributed by atoms with E-state index in [0.717, 1.165) is 11.3 Å². The zero-order valence-electron chi connectivity index (χ0n) is 10.3. The Labute approximate surface area is 116 Å². The molecule has 0 aliphatic carbocycles. The SMILES string of the molecule is Fc1ccc(CSc2ccc3ccccc3c2)cc1. The zero-order valence-corrected chi connectivity index (χ0v) is 11.2. The first kappa shape index (κ1) is 12.2. The van der Waals surface area contributed by atoms with Crippen LogP contribution in [0.15, 0.2) is 71.6 Å². The molecule has 0 amide bonds. The predicted octanol–water partition coefficient (Wildman–Crippen LogP) is 5.27. The normalized spacial score (nSPS) is 10.8. The van der Waals surface area contributed by atoms with Gasteiger partial charge in [-0.1, -0.05) is 42.5 Å². The van der Waals surface area contributed by atoms with E-state index in [9.17, 15) is 4.39 Å². The minimum atomic E-state index is -0.181. The zero-order chi connectivity index (χ0) is 13.1. The summed E-state index contributed by atoms with van der Waals surface area (Å²) in [6, 6.07) is 21.5. The largest absolute Gasteiger partial charge is 0.207 e. The molecule has 0 saturated heterocycles. The summed E-state index contributed by atoms with van der Waals surface area (Å²) in [5.41, 5.74) is 1.14. The van der Waals surface area contributed by atoms with Crippen molar-refractivity contribution in [3.05, 3.63) is 78.1 Å². The maximum Gasteiger partial charge on any atom is 0.123 e. The van der Waals surface area contributed by atoms with Gasteiger partial charge in [-0.2, -0.15) is 0 Å². The number of hydrogen-bond acceptors (Lipinski definition) is 1. The molecule has 0 heterocycles. The highest BCUT2D eigenvalue weighted by atomic mass is 32.2. The van der Waals surface area contributed by atoms with Crippen LogP contribution in [0.5, 0.6) is 0 Å². The fraction of sp³-hybridized carbons (Fsp3) is 0.0588. The molecule has 0 nitrogen and oxygen atoms in total. The second kappa shape index (κ2) is 5.45. The Kier molecular flexibility index (Phi) is 3.51. The molecule has 0 bridgehead atoms. The molecule has 3 aromatic rings. The molecular weight excluding hydrogens is 255 g/mol. The van der Waals surface area contributed by atoms with Gasteiger partial charge in [-0.15, -0.1) is 11.8 Å². The quantitative estimate of drug-likeness (QED) is 0.583. The van der Waals surface area contributed by atoms with Crippen molar-refractivity contribution in [1.82, 2.24) is 0 Å². The molecule has 0 saturated carbocycles. The highest BCUT2D eigenvalue weighted by Gasteiger charge is 1.99. The van der Waals surface area contributed by atoms with Crippen molar-refractivity contribution in [1.29, 1.82) is 0 Å². The van der Waals surface area contributed by atoms with Gasteiger partial charge >= 0.3 is 0 Å². The van der Waals surface area contributed by atoms with Gasteiger partial charge in [-0.3, -0.25) is 0 Å². The molecule has 0 radical (unpaired) electrons. The van der Waals surface area contributed by atoms with Crippen molar-refractivity contribution in [2.75, 3.05) is 0 Å². The summed E-state index contributed by atoms with van der Waals surface area (Å²) in [6.45, 7) is 0. The van der Waals surface area contributed by atoms with Gasteiger partial charge in [0.15, 0.2) is 0 Å². The molecule has 0 aliphatic heterocycles. The molecule has 0 aromatic heterocycles.